The molecule has 5 heteroatoms. The SMILES string of the molecule is COc1ccc(C(=O)C(O)(CCC(C)=O)c2ccc(OC)cc2)cc1. The third kappa shape index (κ3) is 4.25. The summed E-state index contributed by atoms with van der Waals surface area (Å²) >= 11 is 0. The van der Waals surface area contributed by atoms with E-state index in [1.807, 2.05) is 0 Å². The molecule has 0 aliphatic rings. The number of rotatable bonds is 8. The van der Waals surface area contributed by atoms with Crippen LogP contribution in [0, 0.1) is 0 Å². The van der Waals surface area contributed by atoms with Crippen molar-refractivity contribution in [1.82, 2.24) is 0 Å². The molecule has 132 valence electrons. The molecule has 1 N–H and O–H groups in total. The molecule has 0 amide bonds. The summed E-state index contributed by atoms with van der Waals surface area (Å²) in [6.07, 6.45) is 0.115. The number of ether oxygens (including phenoxy) is 2. The standard InChI is InChI=1S/C20H22O5/c1-14(21)12-13-20(23,16-6-10-18(25-3)11-7-16)19(22)15-4-8-17(24-2)9-5-15/h4-11,23H,12-13H2,1-3H3. The fourth-order valence-electron chi connectivity index (χ4n) is 2.59. The fraction of sp³-hybridized carbons (Fsp3) is 0.300. The van der Waals surface area contributed by atoms with Gasteiger partial charge in [0.2, 0.25) is 0 Å². The van der Waals surface area contributed by atoms with Crippen LogP contribution in [-0.2, 0) is 10.4 Å². The van der Waals surface area contributed by atoms with E-state index in [0.717, 1.165) is 0 Å². The molecule has 0 spiro atoms. The van der Waals surface area contributed by atoms with E-state index in [9.17, 15) is 14.7 Å². The fourth-order valence-corrected chi connectivity index (χ4v) is 2.59. The van der Waals surface area contributed by atoms with Gasteiger partial charge >= 0.3 is 0 Å². The Labute approximate surface area is 147 Å². The van der Waals surface area contributed by atoms with E-state index >= 15 is 0 Å². The van der Waals surface area contributed by atoms with Crippen LogP contribution in [0.15, 0.2) is 48.5 Å². The van der Waals surface area contributed by atoms with Crippen LogP contribution in [0.25, 0.3) is 0 Å². The number of hydrogen-bond donors (Lipinski definition) is 1. The number of aliphatic hydroxyl groups is 1. The van der Waals surface area contributed by atoms with Gasteiger partial charge in [0.1, 0.15) is 17.3 Å². The molecule has 1 atom stereocenters. The molecule has 0 saturated heterocycles. The number of carbonyl (C=O) groups excluding carboxylic acids is 2. The minimum Gasteiger partial charge on any atom is -0.497 e. The third-order valence-electron chi connectivity index (χ3n) is 4.13. The smallest absolute Gasteiger partial charge is 0.198 e. The van der Waals surface area contributed by atoms with Crippen LogP contribution in [0.5, 0.6) is 11.5 Å². The first kappa shape index (κ1) is 18.7. The Morgan fingerprint density at radius 3 is 1.84 bits per heavy atom. The first-order chi connectivity index (χ1) is 11.9. The Hall–Kier alpha value is -2.66. The minimum absolute atomic E-state index is 0.0134. The average molecular weight is 342 g/mol. The molecule has 2 rings (SSSR count). The van der Waals surface area contributed by atoms with Crippen LogP contribution < -0.4 is 9.47 Å². The van der Waals surface area contributed by atoms with Gasteiger partial charge in [-0.1, -0.05) is 12.1 Å². The molecule has 25 heavy (non-hydrogen) atoms. The molecule has 0 heterocycles. The summed E-state index contributed by atoms with van der Waals surface area (Å²) in [5.41, 5.74) is -1.01. The lowest BCUT2D eigenvalue weighted by molar-refractivity contribution is -0.118. The van der Waals surface area contributed by atoms with Gasteiger partial charge in [0.25, 0.3) is 0 Å². The number of benzene rings is 2. The van der Waals surface area contributed by atoms with E-state index in [2.05, 4.69) is 0 Å². The highest BCUT2D eigenvalue weighted by atomic mass is 16.5. The summed E-state index contributed by atoms with van der Waals surface area (Å²) < 4.78 is 10.2. The molecule has 0 fully saturated rings. The molecule has 1 unspecified atom stereocenters. The van der Waals surface area contributed by atoms with Gasteiger partial charge in [0.15, 0.2) is 11.4 Å². The lowest BCUT2D eigenvalue weighted by Gasteiger charge is -2.27. The third-order valence-corrected chi connectivity index (χ3v) is 4.13. The maximum atomic E-state index is 13.0. The zero-order valence-electron chi connectivity index (χ0n) is 14.6. The maximum Gasteiger partial charge on any atom is 0.198 e. The molecule has 2 aromatic rings. The molecule has 2 aromatic carbocycles. The second-order valence-corrected chi connectivity index (χ2v) is 5.85. The Morgan fingerprint density at radius 2 is 1.40 bits per heavy atom. The summed E-state index contributed by atoms with van der Waals surface area (Å²) in [6, 6.07) is 13.2. The van der Waals surface area contributed by atoms with Crippen LogP contribution in [0.2, 0.25) is 0 Å². The van der Waals surface area contributed by atoms with Crippen LogP contribution in [0.4, 0.5) is 0 Å². The summed E-state index contributed by atoms with van der Waals surface area (Å²) in [4.78, 5) is 24.4. The number of hydrogen-bond acceptors (Lipinski definition) is 5. The summed E-state index contributed by atoms with van der Waals surface area (Å²) in [5.74, 6) is 0.693. The van der Waals surface area contributed by atoms with Crippen LogP contribution in [-0.4, -0.2) is 30.9 Å². The summed E-state index contributed by atoms with van der Waals surface area (Å²) in [5, 5.41) is 11.2. The minimum atomic E-state index is -1.79. The van der Waals surface area contributed by atoms with Crippen molar-refractivity contribution in [2.45, 2.75) is 25.4 Å². The Kier molecular flexibility index (Phi) is 5.93. The summed E-state index contributed by atoms with van der Waals surface area (Å²) in [6.45, 7) is 1.44. The van der Waals surface area contributed by atoms with Crippen LogP contribution >= 0.6 is 0 Å². The van der Waals surface area contributed by atoms with Crippen molar-refractivity contribution in [3.63, 3.8) is 0 Å². The normalized spacial score (nSPS) is 13.0. The van der Waals surface area contributed by atoms with Crippen molar-refractivity contribution in [3.05, 3.63) is 59.7 Å². The number of ketones is 2. The molecule has 0 saturated carbocycles. The zero-order chi connectivity index (χ0) is 18.4. The highest BCUT2D eigenvalue weighted by molar-refractivity contribution is 6.03. The highest BCUT2D eigenvalue weighted by Crippen LogP contribution is 2.32. The molecule has 0 radical (unpaired) electrons. The largest absolute Gasteiger partial charge is 0.497 e. The van der Waals surface area contributed by atoms with E-state index in [1.165, 1.54) is 14.0 Å². The summed E-state index contributed by atoms with van der Waals surface area (Å²) in [7, 11) is 3.08. The van der Waals surface area contributed by atoms with Gasteiger partial charge in [-0.15, -0.1) is 0 Å². The lowest BCUT2D eigenvalue weighted by Crippen LogP contribution is -2.36. The van der Waals surface area contributed by atoms with Crippen LogP contribution in [0.1, 0.15) is 35.7 Å². The van der Waals surface area contributed by atoms with Gasteiger partial charge in [0.05, 0.1) is 14.2 Å². The predicted octanol–water partition coefficient (Wildman–Crippen LogP) is 3.14. The molecule has 5 nitrogen and oxygen atoms in total. The Balaban J connectivity index is 2.41. The zero-order valence-corrected chi connectivity index (χ0v) is 14.6. The van der Waals surface area contributed by atoms with Crippen molar-refractivity contribution < 1.29 is 24.2 Å². The van der Waals surface area contributed by atoms with Gasteiger partial charge in [-0.05, 0) is 55.3 Å². The van der Waals surface area contributed by atoms with Crippen molar-refractivity contribution in [2.24, 2.45) is 0 Å². The average Bonchev–Trinajstić information content (AvgIpc) is 2.65. The molecular formula is C20H22O5. The Bertz CT molecular complexity index is 734. The van der Waals surface area contributed by atoms with E-state index in [4.69, 9.17) is 9.47 Å². The monoisotopic (exact) mass is 342 g/mol. The van der Waals surface area contributed by atoms with Gasteiger partial charge in [0, 0.05) is 12.0 Å². The van der Waals surface area contributed by atoms with Gasteiger partial charge in [-0.25, -0.2) is 0 Å². The number of carbonyl (C=O) groups is 2. The Morgan fingerprint density at radius 1 is 0.920 bits per heavy atom. The van der Waals surface area contributed by atoms with Crippen molar-refractivity contribution >= 4 is 11.6 Å². The number of methoxy groups -OCH3 is 2. The lowest BCUT2D eigenvalue weighted by atomic mass is 9.82. The molecule has 0 aliphatic heterocycles. The van der Waals surface area contributed by atoms with Crippen molar-refractivity contribution in [3.8, 4) is 11.5 Å². The van der Waals surface area contributed by atoms with E-state index in [1.54, 1.807) is 55.6 Å². The quantitative estimate of drug-likeness (QED) is 0.746. The molecule has 0 bridgehead atoms. The topological polar surface area (TPSA) is 72.8 Å². The maximum absolute atomic E-state index is 13.0. The number of Topliss-reactive ketones (excluding diaryl/α,β-unsaturated/α-hetero) is 2. The molecular weight excluding hydrogens is 320 g/mol. The van der Waals surface area contributed by atoms with E-state index in [0.29, 0.717) is 22.6 Å². The van der Waals surface area contributed by atoms with E-state index in [-0.39, 0.29) is 18.6 Å². The van der Waals surface area contributed by atoms with Crippen molar-refractivity contribution in [1.29, 1.82) is 0 Å². The predicted molar refractivity (Wildman–Crippen MR) is 94.1 cm³/mol. The van der Waals surface area contributed by atoms with Gasteiger partial charge in [-0.3, -0.25) is 4.79 Å². The van der Waals surface area contributed by atoms with Crippen molar-refractivity contribution in [2.75, 3.05) is 14.2 Å². The second kappa shape index (κ2) is 7.94. The molecule has 0 aromatic heterocycles. The van der Waals surface area contributed by atoms with Crippen LogP contribution in [0.3, 0.4) is 0 Å². The highest BCUT2D eigenvalue weighted by Gasteiger charge is 2.38. The molecule has 0 aliphatic carbocycles. The first-order valence-electron chi connectivity index (χ1n) is 7.96. The van der Waals surface area contributed by atoms with Gasteiger partial charge in [-0.2, -0.15) is 0 Å². The second-order valence-electron chi connectivity index (χ2n) is 5.85. The van der Waals surface area contributed by atoms with Gasteiger partial charge < -0.3 is 19.4 Å². The van der Waals surface area contributed by atoms with E-state index < -0.39 is 11.4 Å². The first-order valence-corrected chi connectivity index (χ1v) is 7.96.